The number of rotatable bonds is 1. The summed E-state index contributed by atoms with van der Waals surface area (Å²) in [5, 5.41) is 13.9. The summed E-state index contributed by atoms with van der Waals surface area (Å²) in [6.07, 6.45) is 2.96. The molecular weight excluding hydrogens is 250 g/mol. The summed E-state index contributed by atoms with van der Waals surface area (Å²) >= 11 is 6.19. The Labute approximate surface area is 108 Å². The first kappa shape index (κ1) is 10.9. The topological polar surface area (TPSA) is 58.4 Å². The van der Waals surface area contributed by atoms with Crippen LogP contribution in [0.5, 0.6) is 0 Å². The highest BCUT2D eigenvalue weighted by atomic mass is 35.5. The molecule has 18 heavy (non-hydrogen) atoms. The van der Waals surface area contributed by atoms with Crippen molar-refractivity contribution < 1.29 is 5.21 Å². The van der Waals surface area contributed by atoms with E-state index < -0.39 is 0 Å². The van der Waals surface area contributed by atoms with E-state index in [0.29, 0.717) is 16.2 Å². The van der Waals surface area contributed by atoms with Crippen LogP contribution in [0.2, 0.25) is 5.02 Å². The Morgan fingerprint density at radius 3 is 2.94 bits per heavy atom. The lowest BCUT2D eigenvalue weighted by Crippen LogP contribution is -1.92. The zero-order valence-electron chi connectivity index (χ0n) is 9.21. The highest BCUT2D eigenvalue weighted by molar-refractivity contribution is 6.36. The maximum Gasteiger partial charge on any atom is 0.0987 e. The Bertz CT molecular complexity index is 771. The number of pyridine rings is 2. The van der Waals surface area contributed by atoms with E-state index >= 15 is 0 Å². The standard InChI is InChI=1S/C13H8ClN3O/c14-11-6-9(7-16-18)17-13-10(11)4-3-8-2-1-5-15-12(8)13/h1-7,18H. The lowest BCUT2D eigenvalue weighted by Gasteiger charge is -2.04. The number of hydrogen-bond acceptors (Lipinski definition) is 4. The minimum Gasteiger partial charge on any atom is -0.411 e. The summed E-state index contributed by atoms with van der Waals surface area (Å²) in [7, 11) is 0. The van der Waals surface area contributed by atoms with E-state index in [1.54, 1.807) is 12.3 Å². The number of oxime groups is 1. The Kier molecular flexibility index (Phi) is 2.57. The van der Waals surface area contributed by atoms with E-state index in [0.717, 1.165) is 16.3 Å². The van der Waals surface area contributed by atoms with Gasteiger partial charge in [-0.05, 0) is 12.1 Å². The third-order valence-electron chi connectivity index (χ3n) is 2.71. The van der Waals surface area contributed by atoms with E-state index in [9.17, 15) is 0 Å². The molecule has 0 aliphatic heterocycles. The molecule has 0 spiro atoms. The second-order valence-corrected chi connectivity index (χ2v) is 4.22. The fourth-order valence-corrected chi connectivity index (χ4v) is 2.19. The molecule has 0 aliphatic carbocycles. The lowest BCUT2D eigenvalue weighted by molar-refractivity contribution is 0.321. The average Bonchev–Trinajstić information content (AvgIpc) is 2.39. The maximum absolute atomic E-state index is 8.57. The molecule has 0 unspecified atom stereocenters. The molecule has 0 saturated heterocycles. The maximum atomic E-state index is 8.57. The van der Waals surface area contributed by atoms with E-state index in [1.807, 2.05) is 24.3 Å². The summed E-state index contributed by atoms with van der Waals surface area (Å²) in [6.45, 7) is 0. The van der Waals surface area contributed by atoms with Crippen molar-refractivity contribution >= 4 is 39.6 Å². The van der Waals surface area contributed by atoms with Gasteiger partial charge < -0.3 is 5.21 Å². The van der Waals surface area contributed by atoms with E-state index in [1.165, 1.54) is 6.21 Å². The third-order valence-corrected chi connectivity index (χ3v) is 3.02. The second-order valence-electron chi connectivity index (χ2n) is 3.81. The van der Waals surface area contributed by atoms with Gasteiger partial charge in [0.25, 0.3) is 0 Å². The summed E-state index contributed by atoms with van der Waals surface area (Å²) in [5.74, 6) is 0. The van der Waals surface area contributed by atoms with Gasteiger partial charge in [-0.3, -0.25) is 4.98 Å². The highest BCUT2D eigenvalue weighted by Gasteiger charge is 2.07. The first-order valence-corrected chi connectivity index (χ1v) is 5.69. The quantitative estimate of drug-likeness (QED) is 0.315. The summed E-state index contributed by atoms with van der Waals surface area (Å²) < 4.78 is 0. The molecule has 1 N–H and O–H groups in total. The van der Waals surface area contributed by atoms with Crippen LogP contribution in [0.4, 0.5) is 0 Å². The van der Waals surface area contributed by atoms with Crippen LogP contribution in [-0.2, 0) is 0 Å². The van der Waals surface area contributed by atoms with E-state index in [2.05, 4.69) is 15.1 Å². The number of aromatic nitrogens is 2. The van der Waals surface area contributed by atoms with Crippen LogP contribution in [-0.4, -0.2) is 21.4 Å². The number of benzene rings is 1. The minimum atomic E-state index is 0.494. The predicted octanol–water partition coefficient (Wildman–Crippen LogP) is 3.24. The van der Waals surface area contributed by atoms with Crippen molar-refractivity contribution in [2.45, 2.75) is 0 Å². The Morgan fingerprint density at radius 2 is 2.11 bits per heavy atom. The van der Waals surface area contributed by atoms with Crippen molar-refractivity contribution in [1.29, 1.82) is 0 Å². The normalized spacial score (nSPS) is 11.6. The van der Waals surface area contributed by atoms with Crippen molar-refractivity contribution in [3.63, 3.8) is 0 Å². The zero-order valence-corrected chi connectivity index (χ0v) is 9.96. The van der Waals surface area contributed by atoms with Gasteiger partial charge >= 0.3 is 0 Å². The van der Waals surface area contributed by atoms with Crippen LogP contribution in [0.1, 0.15) is 5.69 Å². The van der Waals surface area contributed by atoms with Crippen LogP contribution < -0.4 is 0 Å². The van der Waals surface area contributed by atoms with Crippen LogP contribution in [0.25, 0.3) is 21.8 Å². The molecule has 3 rings (SSSR count). The molecule has 0 saturated carbocycles. The fraction of sp³-hybridized carbons (Fsp3) is 0. The number of nitrogens with zero attached hydrogens (tertiary/aromatic N) is 3. The first-order valence-electron chi connectivity index (χ1n) is 5.31. The third kappa shape index (κ3) is 1.67. The smallest absolute Gasteiger partial charge is 0.0987 e. The minimum absolute atomic E-state index is 0.494. The van der Waals surface area contributed by atoms with Crippen molar-refractivity contribution in [2.24, 2.45) is 5.16 Å². The molecule has 3 aromatic rings. The van der Waals surface area contributed by atoms with E-state index in [-0.39, 0.29) is 0 Å². The van der Waals surface area contributed by atoms with Crippen LogP contribution in [0, 0.1) is 0 Å². The Morgan fingerprint density at radius 1 is 1.22 bits per heavy atom. The van der Waals surface area contributed by atoms with Gasteiger partial charge in [-0.15, -0.1) is 0 Å². The van der Waals surface area contributed by atoms with Crippen LogP contribution in [0.3, 0.4) is 0 Å². The average molecular weight is 258 g/mol. The molecule has 2 aromatic heterocycles. The van der Waals surface area contributed by atoms with Crippen LogP contribution in [0.15, 0.2) is 41.7 Å². The summed E-state index contributed by atoms with van der Waals surface area (Å²) in [5.41, 5.74) is 1.98. The largest absolute Gasteiger partial charge is 0.411 e. The monoisotopic (exact) mass is 257 g/mol. The molecular formula is C13H8ClN3O. The molecule has 0 amide bonds. The Balaban J connectivity index is 2.47. The summed E-state index contributed by atoms with van der Waals surface area (Å²) in [4.78, 5) is 8.72. The molecule has 88 valence electrons. The number of fused-ring (bicyclic) bond motifs is 3. The first-order chi connectivity index (χ1) is 8.79. The van der Waals surface area contributed by atoms with Crippen molar-refractivity contribution in [3.05, 3.63) is 47.2 Å². The van der Waals surface area contributed by atoms with Gasteiger partial charge in [0.15, 0.2) is 0 Å². The van der Waals surface area contributed by atoms with Crippen molar-refractivity contribution in [3.8, 4) is 0 Å². The van der Waals surface area contributed by atoms with Gasteiger partial charge in [0, 0.05) is 17.0 Å². The van der Waals surface area contributed by atoms with Crippen LogP contribution >= 0.6 is 11.6 Å². The molecule has 0 radical (unpaired) electrons. The predicted molar refractivity (Wildman–Crippen MR) is 71.4 cm³/mol. The molecule has 0 atom stereocenters. The van der Waals surface area contributed by atoms with Gasteiger partial charge in [0.2, 0.25) is 0 Å². The van der Waals surface area contributed by atoms with Gasteiger partial charge in [-0.25, -0.2) is 4.98 Å². The van der Waals surface area contributed by atoms with Gasteiger partial charge in [0.05, 0.1) is 28.0 Å². The fourth-order valence-electron chi connectivity index (χ4n) is 1.93. The van der Waals surface area contributed by atoms with Crippen molar-refractivity contribution in [1.82, 2.24) is 9.97 Å². The molecule has 4 nitrogen and oxygen atoms in total. The number of hydrogen-bond donors (Lipinski definition) is 1. The van der Waals surface area contributed by atoms with Gasteiger partial charge in [-0.1, -0.05) is 35.0 Å². The molecule has 5 heteroatoms. The van der Waals surface area contributed by atoms with E-state index in [4.69, 9.17) is 16.8 Å². The van der Waals surface area contributed by atoms with Gasteiger partial charge in [0.1, 0.15) is 0 Å². The van der Waals surface area contributed by atoms with Crippen molar-refractivity contribution in [2.75, 3.05) is 0 Å². The molecule has 0 aliphatic rings. The highest BCUT2D eigenvalue weighted by Crippen LogP contribution is 2.27. The summed E-state index contributed by atoms with van der Waals surface area (Å²) in [6, 6.07) is 9.35. The Hall–Kier alpha value is -2.20. The molecule has 2 heterocycles. The molecule has 0 bridgehead atoms. The lowest BCUT2D eigenvalue weighted by atomic mass is 10.1. The number of halogens is 1. The molecule has 0 fully saturated rings. The zero-order chi connectivity index (χ0) is 12.5. The van der Waals surface area contributed by atoms with Gasteiger partial charge in [-0.2, -0.15) is 0 Å². The second kappa shape index (κ2) is 4.23. The SMILES string of the molecule is ON=Cc1cc(Cl)c2ccc3cccnc3c2n1. The molecule has 1 aromatic carbocycles.